The smallest absolute Gasteiger partial charge is 0.166 e. The van der Waals surface area contributed by atoms with E-state index >= 15 is 0 Å². The Bertz CT molecular complexity index is 1290. The van der Waals surface area contributed by atoms with Gasteiger partial charge < -0.3 is 5.32 Å². The topological polar surface area (TPSA) is 41.5 Å². The number of ketones is 1. The third kappa shape index (κ3) is 7.22. The minimum Gasteiger partial charge on any atom is -0.354 e. The second kappa shape index (κ2) is 13.0. The van der Waals surface area contributed by atoms with Gasteiger partial charge in [0.2, 0.25) is 0 Å². The summed E-state index contributed by atoms with van der Waals surface area (Å²) < 4.78 is 29.0. The number of nitrogens with zero attached hydrogens (tertiary/aromatic N) is 1. The number of hydrogen-bond donors (Lipinski definition) is 1. The fourth-order valence-corrected chi connectivity index (χ4v) is 3.38. The molecule has 0 spiro atoms. The molecule has 2 rings (SSSR count). The van der Waals surface area contributed by atoms with Gasteiger partial charge in [0.15, 0.2) is 17.4 Å². The van der Waals surface area contributed by atoms with E-state index in [4.69, 9.17) is 6.42 Å². The van der Waals surface area contributed by atoms with Gasteiger partial charge >= 0.3 is 0 Å². The molecule has 180 valence electrons. The summed E-state index contributed by atoms with van der Waals surface area (Å²) >= 11 is 0. The second-order valence-corrected chi connectivity index (χ2v) is 7.87. The van der Waals surface area contributed by atoms with Crippen molar-refractivity contribution >= 4 is 28.8 Å². The molecule has 0 amide bonds. The summed E-state index contributed by atoms with van der Waals surface area (Å²) in [6.07, 6.45) is 15.7. The molecule has 3 nitrogen and oxygen atoms in total. The number of benzene rings is 2. The highest BCUT2D eigenvalue weighted by Gasteiger charge is 2.13. The largest absolute Gasteiger partial charge is 0.354 e. The van der Waals surface area contributed by atoms with Gasteiger partial charge in [0, 0.05) is 28.6 Å². The monoisotopic (exact) mass is 472 g/mol. The van der Waals surface area contributed by atoms with Crippen molar-refractivity contribution in [3.8, 4) is 12.3 Å². The number of aliphatic imine (C=N–C) groups is 1. The number of nitrogens with one attached hydrogen (secondary N) is 1. The molecule has 35 heavy (non-hydrogen) atoms. The summed E-state index contributed by atoms with van der Waals surface area (Å²) in [7, 11) is 0. The second-order valence-electron chi connectivity index (χ2n) is 7.87. The van der Waals surface area contributed by atoms with E-state index in [1.807, 2.05) is 57.2 Å². The Kier molecular flexibility index (Phi) is 10.1. The minimum absolute atomic E-state index is 0.0280. The highest BCUT2D eigenvalue weighted by atomic mass is 19.2. The maximum atomic E-state index is 14.6. The molecule has 0 aliphatic rings. The number of allylic oxidation sites excluding steroid dienone is 6. The van der Waals surface area contributed by atoms with Crippen LogP contribution in [-0.4, -0.2) is 11.5 Å². The molecular weight excluding hydrogens is 442 g/mol. The van der Waals surface area contributed by atoms with Gasteiger partial charge in [-0.05, 0) is 81.7 Å². The Morgan fingerprint density at radius 1 is 1.11 bits per heavy atom. The number of halogens is 2. The first kappa shape index (κ1) is 27.2. The van der Waals surface area contributed by atoms with Crippen molar-refractivity contribution in [2.75, 3.05) is 5.32 Å². The van der Waals surface area contributed by atoms with E-state index in [-0.39, 0.29) is 16.9 Å². The molecular formula is C30H30F2N2O. The first-order chi connectivity index (χ1) is 16.7. The van der Waals surface area contributed by atoms with Crippen molar-refractivity contribution in [3.63, 3.8) is 0 Å². The van der Waals surface area contributed by atoms with Crippen molar-refractivity contribution in [1.82, 2.24) is 0 Å². The molecule has 0 aliphatic heterocycles. The SMILES string of the molecule is C#C/C=C/c1ccc(/C(C)=C/N=C(C)/C(=C\C=C/C)Nc2ccc(C(C)=O)c(CC)c2)c(F)c1F. The van der Waals surface area contributed by atoms with Crippen LogP contribution in [0.4, 0.5) is 14.5 Å². The van der Waals surface area contributed by atoms with Crippen LogP contribution in [0.15, 0.2) is 71.5 Å². The first-order valence-corrected chi connectivity index (χ1v) is 11.3. The zero-order valence-corrected chi connectivity index (χ0v) is 20.7. The maximum Gasteiger partial charge on any atom is 0.166 e. The summed E-state index contributed by atoms with van der Waals surface area (Å²) in [5.41, 5.74) is 4.53. The molecule has 0 unspecified atom stereocenters. The van der Waals surface area contributed by atoms with Crippen LogP contribution in [0.25, 0.3) is 11.6 Å². The molecule has 0 bridgehead atoms. The third-order valence-electron chi connectivity index (χ3n) is 5.34. The minimum atomic E-state index is -0.960. The van der Waals surface area contributed by atoms with Crippen molar-refractivity contribution < 1.29 is 13.6 Å². The fraction of sp³-hybridized carbons (Fsp3) is 0.200. The van der Waals surface area contributed by atoms with Gasteiger partial charge in [-0.2, -0.15) is 0 Å². The molecule has 0 aromatic heterocycles. The molecule has 0 fully saturated rings. The van der Waals surface area contributed by atoms with E-state index in [9.17, 15) is 13.6 Å². The quantitative estimate of drug-likeness (QED) is 0.175. The molecule has 0 radical (unpaired) electrons. The van der Waals surface area contributed by atoms with Gasteiger partial charge in [0.25, 0.3) is 0 Å². The van der Waals surface area contributed by atoms with Gasteiger partial charge in [0.1, 0.15) is 0 Å². The van der Waals surface area contributed by atoms with Crippen LogP contribution in [-0.2, 0) is 6.42 Å². The Labute approximate surface area is 206 Å². The summed E-state index contributed by atoms with van der Waals surface area (Å²) in [5.74, 6) is 0.375. The molecule has 0 saturated heterocycles. The summed E-state index contributed by atoms with van der Waals surface area (Å²) in [5, 5.41) is 3.35. The normalized spacial score (nSPS) is 12.9. The third-order valence-corrected chi connectivity index (χ3v) is 5.34. The maximum absolute atomic E-state index is 14.6. The highest BCUT2D eigenvalue weighted by molar-refractivity contribution is 6.02. The summed E-state index contributed by atoms with van der Waals surface area (Å²) in [6.45, 7) is 8.95. The van der Waals surface area contributed by atoms with Crippen LogP contribution in [0.2, 0.25) is 0 Å². The standard InChI is InChI=1S/C30H30F2N2O/c1-7-10-12-24-14-16-26(30(32)29(24)31)20(4)19-33-21(5)28(13-11-8-2)34-25-15-17-27(22(6)35)23(9-3)18-25/h1,8,10-19,34H,9H2,2-6H3/b11-8-,12-10+,20-19+,28-13+,33-21+. The number of rotatable bonds is 9. The van der Waals surface area contributed by atoms with Crippen molar-refractivity contribution in [3.05, 3.63) is 100 Å². The number of carbonyl (C=O) groups excluding carboxylic acids is 1. The van der Waals surface area contributed by atoms with E-state index in [0.717, 1.165) is 23.4 Å². The number of carbonyl (C=O) groups is 1. The number of aryl methyl sites for hydroxylation is 1. The molecule has 2 aromatic carbocycles. The summed E-state index contributed by atoms with van der Waals surface area (Å²) in [4.78, 5) is 16.3. The average molecular weight is 473 g/mol. The Morgan fingerprint density at radius 3 is 2.46 bits per heavy atom. The zero-order valence-electron chi connectivity index (χ0n) is 20.7. The molecule has 0 heterocycles. The Hall–Kier alpha value is -4.04. The lowest BCUT2D eigenvalue weighted by Gasteiger charge is -2.13. The summed E-state index contributed by atoms with van der Waals surface area (Å²) in [6, 6.07) is 8.59. The van der Waals surface area contributed by atoms with Gasteiger partial charge in [-0.15, -0.1) is 6.42 Å². The van der Waals surface area contributed by atoms with Crippen molar-refractivity contribution in [2.24, 2.45) is 4.99 Å². The van der Waals surface area contributed by atoms with E-state index in [2.05, 4.69) is 16.2 Å². The molecule has 1 N–H and O–H groups in total. The van der Waals surface area contributed by atoms with Crippen molar-refractivity contribution in [1.29, 1.82) is 0 Å². The predicted octanol–water partition coefficient (Wildman–Crippen LogP) is 7.77. The lowest BCUT2D eigenvalue weighted by Crippen LogP contribution is -2.09. The van der Waals surface area contributed by atoms with Gasteiger partial charge in [0.05, 0.1) is 11.4 Å². The average Bonchev–Trinajstić information content (AvgIpc) is 2.85. The zero-order chi connectivity index (χ0) is 26.0. The molecule has 0 atom stereocenters. The van der Waals surface area contributed by atoms with Crippen LogP contribution in [0.3, 0.4) is 0 Å². The van der Waals surface area contributed by atoms with Gasteiger partial charge in [-0.3, -0.25) is 9.79 Å². The van der Waals surface area contributed by atoms with Gasteiger partial charge in [-0.1, -0.05) is 37.1 Å². The van der Waals surface area contributed by atoms with E-state index in [1.54, 1.807) is 13.8 Å². The van der Waals surface area contributed by atoms with Crippen LogP contribution < -0.4 is 5.32 Å². The van der Waals surface area contributed by atoms with Crippen LogP contribution in [0, 0.1) is 24.0 Å². The van der Waals surface area contributed by atoms with Crippen LogP contribution in [0.5, 0.6) is 0 Å². The van der Waals surface area contributed by atoms with Gasteiger partial charge in [-0.25, -0.2) is 8.78 Å². The fourth-order valence-electron chi connectivity index (χ4n) is 3.38. The van der Waals surface area contributed by atoms with E-state index in [1.165, 1.54) is 30.5 Å². The number of terminal acetylenes is 1. The van der Waals surface area contributed by atoms with Crippen LogP contribution >= 0.6 is 0 Å². The molecule has 0 aliphatic carbocycles. The predicted molar refractivity (Wildman–Crippen MR) is 143 cm³/mol. The van der Waals surface area contributed by atoms with Crippen LogP contribution in [0.1, 0.15) is 61.7 Å². The highest BCUT2D eigenvalue weighted by Crippen LogP contribution is 2.24. The lowest BCUT2D eigenvalue weighted by molar-refractivity contribution is 0.101. The molecule has 2 aromatic rings. The Morgan fingerprint density at radius 2 is 1.83 bits per heavy atom. The molecule has 0 saturated carbocycles. The number of hydrogen-bond acceptors (Lipinski definition) is 3. The number of Topliss-reactive ketones (excluding diaryl/α,β-unsaturated/α-hetero) is 1. The Balaban J connectivity index is 2.38. The molecule has 5 heteroatoms. The van der Waals surface area contributed by atoms with E-state index in [0.29, 0.717) is 16.8 Å². The first-order valence-electron chi connectivity index (χ1n) is 11.3. The van der Waals surface area contributed by atoms with Crippen molar-refractivity contribution in [2.45, 2.75) is 41.0 Å². The lowest BCUT2D eigenvalue weighted by atomic mass is 10.0. The number of anilines is 1. The van der Waals surface area contributed by atoms with E-state index < -0.39 is 11.6 Å².